The number of hydrogen-bond acceptors (Lipinski definition) is 3. The number of fused-ring (bicyclic) bond motifs is 1. The molecular formula is C21H15NO3. The Morgan fingerprint density at radius 3 is 2.48 bits per heavy atom. The highest BCUT2D eigenvalue weighted by atomic mass is 16.4. The second kappa shape index (κ2) is 6.24. The SMILES string of the molecule is O=C(O)c1ccccc1-c1nc2cc(Cc3ccccc3)ccc2o1. The summed E-state index contributed by atoms with van der Waals surface area (Å²) in [6.07, 6.45) is 0.810. The summed E-state index contributed by atoms with van der Waals surface area (Å²) in [5, 5.41) is 9.34. The molecule has 4 aromatic rings. The van der Waals surface area contributed by atoms with Gasteiger partial charge in [0, 0.05) is 0 Å². The van der Waals surface area contributed by atoms with Crippen molar-refractivity contribution in [3.05, 3.63) is 89.5 Å². The third-order valence-corrected chi connectivity index (χ3v) is 4.09. The lowest BCUT2D eigenvalue weighted by Crippen LogP contribution is -1.98. The molecule has 0 aliphatic rings. The summed E-state index contributed by atoms with van der Waals surface area (Å²) in [7, 11) is 0. The Hall–Kier alpha value is -3.40. The first-order chi connectivity index (χ1) is 12.2. The molecule has 1 N–H and O–H groups in total. The van der Waals surface area contributed by atoms with Crippen molar-refractivity contribution >= 4 is 17.1 Å². The van der Waals surface area contributed by atoms with Crippen molar-refractivity contribution in [3.8, 4) is 11.5 Å². The van der Waals surface area contributed by atoms with E-state index < -0.39 is 5.97 Å². The summed E-state index contributed by atoms with van der Waals surface area (Å²) in [4.78, 5) is 15.9. The fraction of sp³-hybridized carbons (Fsp3) is 0.0476. The molecule has 0 saturated heterocycles. The van der Waals surface area contributed by atoms with Gasteiger partial charge in [0.15, 0.2) is 5.58 Å². The first-order valence-electron chi connectivity index (χ1n) is 7.97. The summed E-state index contributed by atoms with van der Waals surface area (Å²) >= 11 is 0. The molecule has 4 heteroatoms. The minimum atomic E-state index is -0.998. The van der Waals surface area contributed by atoms with Gasteiger partial charge in [-0.05, 0) is 41.8 Å². The van der Waals surface area contributed by atoms with Crippen LogP contribution in [0, 0.1) is 0 Å². The van der Waals surface area contributed by atoms with E-state index in [1.165, 1.54) is 5.56 Å². The van der Waals surface area contributed by atoms with E-state index in [1.54, 1.807) is 24.3 Å². The van der Waals surface area contributed by atoms with Crippen molar-refractivity contribution in [1.82, 2.24) is 4.98 Å². The highest BCUT2D eigenvalue weighted by Crippen LogP contribution is 2.28. The number of carboxylic acid groups (broad SMARTS) is 1. The van der Waals surface area contributed by atoms with Gasteiger partial charge in [-0.2, -0.15) is 0 Å². The topological polar surface area (TPSA) is 63.3 Å². The molecule has 122 valence electrons. The number of aromatic carboxylic acids is 1. The quantitative estimate of drug-likeness (QED) is 0.585. The Morgan fingerprint density at radius 2 is 1.68 bits per heavy atom. The van der Waals surface area contributed by atoms with Gasteiger partial charge in [0.1, 0.15) is 5.52 Å². The van der Waals surface area contributed by atoms with Crippen molar-refractivity contribution in [1.29, 1.82) is 0 Å². The zero-order valence-corrected chi connectivity index (χ0v) is 13.3. The van der Waals surface area contributed by atoms with Gasteiger partial charge in [0.25, 0.3) is 0 Å². The first-order valence-corrected chi connectivity index (χ1v) is 7.97. The van der Waals surface area contributed by atoms with Gasteiger partial charge in [-0.3, -0.25) is 0 Å². The molecule has 1 aromatic heterocycles. The Labute approximate surface area is 144 Å². The molecule has 0 fully saturated rings. The molecule has 4 nitrogen and oxygen atoms in total. The highest BCUT2D eigenvalue weighted by Gasteiger charge is 2.16. The number of nitrogens with zero attached hydrogens (tertiary/aromatic N) is 1. The van der Waals surface area contributed by atoms with E-state index in [2.05, 4.69) is 17.1 Å². The average Bonchev–Trinajstić information content (AvgIpc) is 3.06. The summed E-state index contributed by atoms with van der Waals surface area (Å²) < 4.78 is 5.78. The molecule has 0 radical (unpaired) electrons. The molecule has 3 aromatic carbocycles. The van der Waals surface area contributed by atoms with Crippen LogP contribution >= 0.6 is 0 Å². The molecule has 1 heterocycles. The third-order valence-electron chi connectivity index (χ3n) is 4.09. The largest absolute Gasteiger partial charge is 0.478 e. The predicted octanol–water partition coefficient (Wildman–Crippen LogP) is 4.78. The number of hydrogen-bond donors (Lipinski definition) is 1. The lowest BCUT2D eigenvalue weighted by atomic mass is 10.0. The second-order valence-corrected chi connectivity index (χ2v) is 5.83. The van der Waals surface area contributed by atoms with Gasteiger partial charge in [-0.15, -0.1) is 0 Å². The maximum Gasteiger partial charge on any atom is 0.336 e. The third kappa shape index (κ3) is 3.02. The average molecular weight is 329 g/mol. The molecule has 0 aliphatic carbocycles. The first kappa shape index (κ1) is 15.1. The number of rotatable bonds is 4. The van der Waals surface area contributed by atoms with E-state index in [0.29, 0.717) is 17.0 Å². The predicted molar refractivity (Wildman–Crippen MR) is 95.7 cm³/mol. The maximum atomic E-state index is 11.4. The van der Waals surface area contributed by atoms with Crippen LogP contribution in [0.3, 0.4) is 0 Å². The van der Waals surface area contributed by atoms with Crippen molar-refractivity contribution < 1.29 is 14.3 Å². The number of carboxylic acids is 1. The van der Waals surface area contributed by atoms with E-state index in [4.69, 9.17) is 4.42 Å². The number of oxazole rings is 1. The Bertz CT molecular complexity index is 1050. The van der Waals surface area contributed by atoms with E-state index in [-0.39, 0.29) is 5.56 Å². The zero-order chi connectivity index (χ0) is 17.2. The molecule has 0 saturated carbocycles. The summed E-state index contributed by atoms with van der Waals surface area (Å²) in [6, 6.07) is 22.8. The Balaban J connectivity index is 1.73. The molecular weight excluding hydrogens is 314 g/mol. The molecule has 0 unspecified atom stereocenters. The number of benzene rings is 3. The van der Waals surface area contributed by atoms with Gasteiger partial charge < -0.3 is 9.52 Å². The van der Waals surface area contributed by atoms with Gasteiger partial charge in [0.2, 0.25) is 5.89 Å². The van der Waals surface area contributed by atoms with E-state index in [1.807, 2.05) is 36.4 Å². The fourth-order valence-electron chi connectivity index (χ4n) is 2.89. The van der Waals surface area contributed by atoms with E-state index >= 15 is 0 Å². The number of carbonyl (C=O) groups is 1. The molecule has 0 amide bonds. The standard InChI is InChI=1S/C21H15NO3/c23-21(24)17-9-5-4-8-16(17)20-22-18-13-15(10-11-19(18)25-20)12-14-6-2-1-3-7-14/h1-11,13H,12H2,(H,23,24). The minimum Gasteiger partial charge on any atom is -0.478 e. The van der Waals surface area contributed by atoms with Crippen LogP contribution in [0.15, 0.2) is 77.2 Å². The van der Waals surface area contributed by atoms with Crippen molar-refractivity contribution in [2.45, 2.75) is 6.42 Å². The van der Waals surface area contributed by atoms with Gasteiger partial charge in [-0.1, -0.05) is 48.5 Å². The Morgan fingerprint density at radius 1 is 0.920 bits per heavy atom. The normalized spacial score (nSPS) is 10.9. The molecule has 0 bridgehead atoms. The second-order valence-electron chi connectivity index (χ2n) is 5.83. The zero-order valence-electron chi connectivity index (χ0n) is 13.3. The van der Waals surface area contributed by atoms with Crippen LogP contribution in [-0.4, -0.2) is 16.1 Å². The van der Waals surface area contributed by atoms with Crippen LogP contribution in [0.4, 0.5) is 0 Å². The molecule has 0 aliphatic heterocycles. The molecule has 25 heavy (non-hydrogen) atoms. The lowest BCUT2D eigenvalue weighted by molar-refractivity contribution is 0.0697. The maximum absolute atomic E-state index is 11.4. The Kier molecular flexibility index (Phi) is 3.78. The molecule has 4 rings (SSSR count). The smallest absolute Gasteiger partial charge is 0.336 e. The van der Waals surface area contributed by atoms with Crippen LogP contribution in [0.2, 0.25) is 0 Å². The van der Waals surface area contributed by atoms with Crippen LogP contribution in [0.1, 0.15) is 21.5 Å². The van der Waals surface area contributed by atoms with Gasteiger partial charge in [-0.25, -0.2) is 9.78 Å². The van der Waals surface area contributed by atoms with E-state index in [0.717, 1.165) is 17.5 Å². The monoisotopic (exact) mass is 329 g/mol. The van der Waals surface area contributed by atoms with Crippen LogP contribution < -0.4 is 0 Å². The van der Waals surface area contributed by atoms with Crippen LogP contribution in [0.25, 0.3) is 22.6 Å². The summed E-state index contributed by atoms with van der Waals surface area (Å²) in [6.45, 7) is 0. The molecule has 0 atom stereocenters. The number of aromatic nitrogens is 1. The minimum absolute atomic E-state index is 0.179. The fourth-order valence-corrected chi connectivity index (χ4v) is 2.89. The highest BCUT2D eigenvalue weighted by molar-refractivity contribution is 5.95. The van der Waals surface area contributed by atoms with Gasteiger partial charge in [0.05, 0.1) is 11.1 Å². The molecule has 0 spiro atoms. The van der Waals surface area contributed by atoms with Crippen LogP contribution in [-0.2, 0) is 6.42 Å². The van der Waals surface area contributed by atoms with Crippen molar-refractivity contribution in [2.24, 2.45) is 0 Å². The van der Waals surface area contributed by atoms with Crippen molar-refractivity contribution in [2.75, 3.05) is 0 Å². The van der Waals surface area contributed by atoms with Crippen LogP contribution in [0.5, 0.6) is 0 Å². The lowest BCUT2D eigenvalue weighted by Gasteiger charge is -2.00. The summed E-state index contributed by atoms with van der Waals surface area (Å²) in [5.74, 6) is -0.674. The van der Waals surface area contributed by atoms with Crippen molar-refractivity contribution in [3.63, 3.8) is 0 Å². The van der Waals surface area contributed by atoms with E-state index in [9.17, 15) is 9.90 Å². The van der Waals surface area contributed by atoms with Gasteiger partial charge >= 0.3 is 5.97 Å². The summed E-state index contributed by atoms with van der Waals surface area (Å²) in [5.41, 5.74) is 4.39.